The smallest absolute Gasteiger partial charge is 0.261 e. The van der Waals surface area contributed by atoms with E-state index in [0.29, 0.717) is 11.3 Å². The van der Waals surface area contributed by atoms with Crippen LogP contribution in [0.25, 0.3) is 11.6 Å². The predicted molar refractivity (Wildman–Crippen MR) is 68.6 cm³/mol. The summed E-state index contributed by atoms with van der Waals surface area (Å²) in [5, 5.41) is 10.7. The molecule has 0 aliphatic rings. The second-order valence-corrected chi connectivity index (χ2v) is 3.89. The highest BCUT2D eigenvalue weighted by atomic mass is 19.1. The number of allylic oxidation sites excluding steroid dienone is 1. The summed E-state index contributed by atoms with van der Waals surface area (Å²) in [4.78, 5) is 18.0. The molecular formula is C13H10FN3O2. The van der Waals surface area contributed by atoms with Crippen molar-refractivity contribution in [2.45, 2.75) is 6.92 Å². The highest BCUT2D eigenvalue weighted by molar-refractivity contribution is 5.78. The van der Waals surface area contributed by atoms with E-state index < -0.39 is 16.4 Å². The Labute approximate surface area is 108 Å². The minimum atomic E-state index is -0.848. The number of aromatic nitrogens is 2. The summed E-state index contributed by atoms with van der Waals surface area (Å²) in [7, 11) is 0. The molecule has 0 saturated heterocycles. The summed E-state index contributed by atoms with van der Waals surface area (Å²) < 4.78 is 13.2. The van der Waals surface area contributed by atoms with Crippen molar-refractivity contribution < 1.29 is 9.31 Å². The molecule has 0 fully saturated rings. The lowest BCUT2D eigenvalue weighted by molar-refractivity contribution is -0.387. The van der Waals surface area contributed by atoms with Crippen LogP contribution >= 0.6 is 0 Å². The molecule has 0 spiro atoms. The predicted octanol–water partition coefficient (Wildman–Crippen LogP) is 3.08. The van der Waals surface area contributed by atoms with E-state index >= 15 is 0 Å². The Kier molecular flexibility index (Phi) is 3.61. The van der Waals surface area contributed by atoms with E-state index in [2.05, 4.69) is 9.97 Å². The molecule has 1 aromatic carbocycles. The maximum absolute atomic E-state index is 13.2. The van der Waals surface area contributed by atoms with Gasteiger partial charge in [-0.15, -0.1) is 0 Å². The first-order valence-corrected chi connectivity index (χ1v) is 5.46. The molecule has 96 valence electrons. The summed E-state index contributed by atoms with van der Waals surface area (Å²) in [6.07, 6.45) is 6.39. The van der Waals surface area contributed by atoms with E-state index in [-0.39, 0.29) is 0 Å². The molecule has 0 N–H and O–H groups in total. The van der Waals surface area contributed by atoms with E-state index in [1.54, 1.807) is 31.6 Å². The Hall–Kier alpha value is -2.63. The topological polar surface area (TPSA) is 68.9 Å². The van der Waals surface area contributed by atoms with Crippen LogP contribution in [0.15, 0.2) is 36.8 Å². The molecule has 0 unspecified atom stereocenters. The van der Waals surface area contributed by atoms with E-state index in [1.807, 2.05) is 0 Å². The van der Waals surface area contributed by atoms with Crippen LogP contribution in [0, 0.1) is 15.9 Å². The molecule has 0 bridgehead atoms. The van der Waals surface area contributed by atoms with Gasteiger partial charge in [-0.2, -0.15) is 4.39 Å². The molecule has 0 saturated carbocycles. The number of nitrogens with zero attached hydrogens (tertiary/aromatic N) is 3. The summed E-state index contributed by atoms with van der Waals surface area (Å²) in [5.74, 6) is -0.848. The number of hydrogen-bond acceptors (Lipinski definition) is 4. The highest BCUT2D eigenvalue weighted by Crippen LogP contribution is 2.21. The van der Waals surface area contributed by atoms with Crippen LogP contribution in [-0.4, -0.2) is 14.9 Å². The van der Waals surface area contributed by atoms with Gasteiger partial charge >= 0.3 is 5.69 Å². The van der Waals surface area contributed by atoms with Crippen molar-refractivity contribution in [3.8, 4) is 0 Å². The zero-order valence-electron chi connectivity index (χ0n) is 10.1. The van der Waals surface area contributed by atoms with E-state index in [1.165, 1.54) is 12.1 Å². The molecule has 2 aromatic rings. The fourth-order valence-corrected chi connectivity index (χ4v) is 1.59. The fraction of sp³-hybridized carbons (Fsp3) is 0.0769. The highest BCUT2D eigenvalue weighted by Gasteiger charge is 2.13. The molecule has 1 heterocycles. The van der Waals surface area contributed by atoms with Crippen LogP contribution in [0.2, 0.25) is 0 Å². The second kappa shape index (κ2) is 5.34. The normalized spacial score (nSPS) is 11.4. The number of hydrogen-bond donors (Lipinski definition) is 0. The maximum atomic E-state index is 13.2. The molecule has 0 atom stereocenters. The molecule has 0 amide bonds. The third-order valence-corrected chi connectivity index (χ3v) is 2.52. The summed E-state index contributed by atoms with van der Waals surface area (Å²) >= 11 is 0. The van der Waals surface area contributed by atoms with Gasteiger partial charge in [0.25, 0.3) is 0 Å². The third-order valence-electron chi connectivity index (χ3n) is 2.52. The number of nitro benzene ring substituents is 1. The molecule has 6 heteroatoms. The van der Waals surface area contributed by atoms with Crippen LogP contribution in [0.3, 0.4) is 0 Å². The van der Waals surface area contributed by atoms with Crippen molar-refractivity contribution in [1.29, 1.82) is 0 Å². The van der Waals surface area contributed by atoms with Crippen LogP contribution in [0.5, 0.6) is 0 Å². The van der Waals surface area contributed by atoms with Crippen molar-refractivity contribution in [3.05, 3.63) is 64.0 Å². The molecule has 1 aromatic heterocycles. The molecule has 0 aliphatic carbocycles. The van der Waals surface area contributed by atoms with Gasteiger partial charge in [-0.1, -0.05) is 6.07 Å². The van der Waals surface area contributed by atoms with Gasteiger partial charge in [-0.05, 0) is 30.2 Å². The van der Waals surface area contributed by atoms with Crippen molar-refractivity contribution in [2.24, 2.45) is 0 Å². The van der Waals surface area contributed by atoms with E-state index in [9.17, 15) is 14.5 Å². The summed E-state index contributed by atoms with van der Waals surface area (Å²) in [5.41, 5.74) is 1.44. The molecule has 19 heavy (non-hydrogen) atoms. The van der Waals surface area contributed by atoms with Crippen molar-refractivity contribution in [3.63, 3.8) is 0 Å². The zero-order valence-corrected chi connectivity index (χ0v) is 10.1. The Morgan fingerprint density at radius 3 is 2.84 bits per heavy atom. The first-order valence-electron chi connectivity index (χ1n) is 5.46. The van der Waals surface area contributed by atoms with E-state index in [0.717, 1.165) is 11.6 Å². The van der Waals surface area contributed by atoms with Gasteiger partial charge in [0.2, 0.25) is 5.82 Å². The van der Waals surface area contributed by atoms with Crippen molar-refractivity contribution in [2.75, 3.05) is 0 Å². The number of benzene rings is 1. The standard InChI is InChI=1S/C13H10FN3O2/c1-9(12-8-15-4-5-16-12)6-10-2-3-11(14)13(7-10)17(18)19/h2-8H,1H3/b9-6-. The zero-order chi connectivity index (χ0) is 13.8. The Morgan fingerprint density at radius 1 is 1.42 bits per heavy atom. The number of nitro groups is 1. The lowest BCUT2D eigenvalue weighted by Gasteiger charge is -2.01. The van der Waals surface area contributed by atoms with Crippen molar-refractivity contribution in [1.82, 2.24) is 9.97 Å². The van der Waals surface area contributed by atoms with Crippen molar-refractivity contribution >= 4 is 17.3 Å². The summed E-state index contributed by atoms with van der Waals surface area (Å²) in [6.45, 7) is 1.80. The quantitative estimate of drug-likeness (QED) is 0.627. The van der Waals surface area contributed by atoms with Gasteiger partial charge in [0, 0.05) is 18.5 Å². The Bertz CT molecular complexity index is 642. The van der Waals surface area contributed by atoms with Gasteiger partial charge in [-0.3, -0.25) is 20.1 Å². The number of rotatable bonds is 3. The largest absolute Gasteiger partial charge is 0.305 e. The van der Waals surface area contributed by atoms with Crippen LogP contribution in [0.4, 0.5) is 10.1 Å². The van der Waals surface area contributed by atoms with E-state index in [4.69, 9.17) is 0 Å². The average Bonchev–Trinajstić information content (AvgIpc) is 2.41. The first-order chi connectivity index (χ1) is 9.08. The Balaban J connectivity index is 2.38. The van der Waals surface area contributed by atoms with Gasteiger partial charge in [0.05, 0.1) is 16.8 Å². The molecule has 5 nitrogen and oxygen atoms in total. The van der Waals surface area contributed by atoms with Crippen LogP contribution in [-0.2, 0) is 0 Å². The monoisotopic (exact) mass is 259 g/mol. The first kappa shape index (κ1) is 12.8. The SMILES string of the molecule is C/C(=C/c1ccc(F)c([N+](=O)[O-])c1)c1cnccn1. The maximum Gasteiger partial charge on any atom is 0.305 e. The van der Waals surface area contributed by atoms with Gasteiger partial charge in [-0.25, -0.2) is 0 Å². The molecule has 2 rings (SSSR count). The van der Waals surface area contributed by atoms with Crippen LogP contribution in [0.1, 0.15) is 18.2 Å². The minimum Gasteiger partial charge on any atom is -0.261 e. The van der Waals surface area contributed by atoms with Crippen LogP contribution < -0.4 is 0 Å². The fourth-order valence-electron chi connectivity index (χ4n) is 1.59. The van der Waals surface area contributed by atoms with Gasteiger partial charge in [0.15, 0.2) is 0 Å². The summed E-state index contributed by atoms with van der Waals surface area (Å²) in [6, 6.07) is 3.74. The lowest BCUT2D eigenvalue weighted by atomic mass is 10.1. The number of halogens is 1. The molecule has 0 radical (unpaired) electrons. The third kappa shape index (κ3) is 2.98. The minimum absolute atomic E-state index is 0.538. The molecular weight excluding hydrogens is 249 g/mol. The second-order valence-electron chi connectivity index (χ2n) is 3.89. The Morgan fingerprint density at radius 2 is 2.21 bits per heavy atom. The average molecular weight is 259 g/mol. The lowest BCUT2D eigenvalue weighted by Crippen LogP contribution is -1.93. The van der Waals surface area contributed by atoms with Gasteiger partial charge < -0.3 is 0 Å². The van der Waals surface area contributed by atoms with Gasteiger partial charge in [0.1, 0.15) is 0 Å². The molecule has 0 aliphatic heterocycles.